The molecule has 0 bridgehead atoms. The molecule has 39 heavy (non-hydrogen) atoms. The van der Waals surface area contributed by atoms with Crippen LogP contribution in [0.25, 0.3) is 0 Å². The maximum atomic E-state index is 11.0. The van der Waals surface area contributed by atoms with E-state index in [1.54, 1.807) is 0 Å². The summed E-state index contributed by atoms with van der Waals surface area (Å²) in [6, 6.07) is 0. The van der Waals surface area contributed by atoms with E-state index < -0.39 is 5.97 Å². The van der Waals surface area contributed by atoms with Crippen LogP contribution in [0.4, 0.5) is 0 Å². The minimum absolute atomic E-state index is 0. The van der Waals surface area contributed by atoms with Gasteiger partial charge in [-0.2, -0.15) is 0 Å². The number of rotatable bonds is 33. The Hall–Kier alpha value is 0.430. The van der Waals surface area contributed by atoms with E-state index in [0.29, 0.717) is 6.54 Å². The summed E-state index contributed by atoms with van der Waals surface area (Å²) >= 11 is 0. The van der Waals surface area contributed by atoms with Crippen LogP contribution in [-0.2, 0) is 4.79 Å². The molecule has 0 rings (SSSR count). The first-order chi connectivity index (χ1) is 18.7. The van der Waals surface area contributed by atoms with Crippen molar-refractivity contribution in [2.45, 2.75) is 200 Å². The molecule has 0 N–H and O–H groups in total. The SMILES string of the molecule is CCCCCCCCCCCCCCCCN(CCCCCCCCCCCCCCCC)CCC(=O)[O-].[Na+]. The number of unbranched alkanes of at least 4 members (excludes halogenated alkanes) is 26. The Kier molecular flexibility index (Phi) is 38.9. The summed E-state index contributed by atoms with van der Waals surface area (Å²) in [6.45, 7) is 7.36. The van der Waals surface area contributed by atoms with Crippen molar-refractivity contribution in [1.82, 2.24) is 4.90 Å². The second-order valence-corrected chi connectivity index (χ2v) is 12.2. The molecule has 228 valence electrons. The number of carbonyl (C=O) groups excluding carboxylic acids is 1. The summed E-state index contributed by atoms with van der Waals surface area (Å²) in [6.07, 6.45) is 38.9. The van der Waals surface area contributed by atoms with Gasteiger partial charge in [0.25, 0.3) is 0 Å². The van der Waals surface area contributed by atoms with E-state index in [9.17, 15) is 9.90 Å². The van der Waals surface area contributed by atoms with Gasteiger partial charge in [0.15, 0.2) is 0 Å². The van der Waals surface area contributed by atoms with Crippen molar-refractivity contribution in [3.8, 4) is 0 Å². The zero-order chi connectivity index (χ0) is 27.8. The fourth-order valence-electron chi connectivity index (χ4n) is 5.64. The number of carbonyl (C=O) groups is 1. The van der Waals surface area contributed by atoms with Crippen LogP contribution in [0.3, 0.4) is 0 Å². The van der Waals surface area contributed by atoms with E-state index in [4.69, 9.17) is 0 Å². The quantitative estimate of drug-likeness (QED) is 0.0622. The minimum Gasteiger partial charge on any atom is -0.550 e. The van der Waals surface area contributed by atoms with Crippen LogP contribution in [0, 0.1) is 0 Å². The molecule has 0 aliphatic carbocycles. The second-order valence-electron chi connectivity index (χ2n) is 12.2. The van der Waals surface area contributed by atoms with Gasteiger partial charge in [0.05, 0.1) is 0 Å². The molecule has 0 saturated heterocycles. The second kappa shape index (κ2) is 36.5. The van der Waals surface area contributed by atoms with Crippen molar-refractivity contribution in [1.29, 1.82) is 0 Å². The summed E-state index contributed by atoms with van der Waals surface area (Å²) < 4.78 is 0. The number of nitrogens with zero attached hydrogens (tertiary/aromatic N) is 1. The molecule has 0 amide bonds. The Bertz CT molecular complexity index is 428. The number of hydrogen-bond donors (Lipinski definition) is 0. The van der Waals surface area contributed by atoms with Crippen LogP contribution in [-0.4, -0.2) is 30.5 Å². The van der Waals surface area contributed by atoms with Gasteiger partial charge in [0.2, 0.25) is 0 Å². The van der Waals surface area contributed by atoms with Crippen LogP contribution >= 0.6 is 0 Å². The summed E-state index contributed by atoms with van der Waals surface area (Å²) in [7, 11) is 0. The predicted octanol–water partition coefficient (Wildman–Crippen LogP) is 7.40. The Labute approximate surface area is 268 Å². The van der Waals surface area contributed by atoms with Crippen LogP contribution in [0.2, 0.25) is 0 Å². The van der Waals surface area contributed by atoms with Crippen LogP contribution in [0.1, 0.15) is 200 Å². The molecule has 0 atom stereocenters. The van der Waals surface area contributed by atoms with Crippen molar-refractivity contribution in [2.75, 3.05) is 19.6 Å². The molecule has 0 unspecified atom stereocenters. The maximum Gasteiger partial charge on any atom is 1.00 e. The third kappa shape index (κ3) is 36.4. The molecule has 0 radical (unpaired) electrons. The van der Waals surface area contributed by atoms with Gasteiger partial charge in [-0.25, -0.2) is 0 Å². The van der Waals surface area contributed by atoms with E-state index in [2.05, 4.69) is 18.7 Å². The van der Waals surface area contributed by atoms with Gasteiger partial charge in [-0.3, -0.25) is 0 Å². The molecular weight excluding hydrogens is 489 g/mol. The molecule has 0 spiro atoms. The Morgan fingerprint density at radius 2 is 0.641 bits per heavy atom. The van der Waals surface area contributed by atoms with Crippen molar-refractivity contribution in [3.63, 3.8) is 0 Å². The van der Waals surface area contributed by atoms with E-state index in [1.807, 2.05) is 0 Å². The standard InChI is InChI=1S/C35H71NO2.Na/c1-3-5-7-9-11-13-15-17-19-21-23-25-27-29-32-36(34-31-35(37)38)33-30-28-26-24-22-20-18-16-14-12-10-8-6-4-2;/h3-34H2,1-2H3,(H,37,38);/q;+1/p-1. The summed E-state index contributed by atoms with van der Waals surface area (Å²) in [5.41, 5.74) is 0. The van der Waals surface area contributed by atoms with E-state index in [-0.39, 0.29) is 36.0 Å². The first-order valence-electron chi connectivity index (χ1n) is 17.6. The van der Waals surface area contributed by atoms with E-state index in [1.165, 1.54) is 180 Å². The third-order valence-corrected chi connectivity index (χ3v) is 8.29. The van der Waals surface area contributed by atoms with Gasteiger partial charge < -0.3 is 14.8 Å². The van der Waals surface area contributed by atoms with Crippen LogP contribution in [0.15, 0.2) is 0 Å². The predicted molar refractivity (Wildman–Crippen MR) is 167 cm³/mol. The zero-order valence-electron chi connectivity index (χ0n) is 27.4. The van der Waals surface area contributed by atoms with E-state index in [0.717, 1.165) is 13.1 Å². The van der Waals surface area contributed by atoms with Crippen LogP contribution in [0.5, 0.6) is 0 Å². The molecule has 0 aromatic rings. The maximum absolute atomic E-state index is 11.0. The summed E-state index contributed by atoms with van der Waals surface area (Å²) in [5, 5.41) is 11.0. The molecule has 0 aromatic heterocycles. The first kappa shape index (κ1) is 41.6. The molecule has 0 aliphatic heterocycles. The number of aliphatic carboxylic acids is 1. The zero-order valence-corrected chi connectivity index (χ0v) is 29.4. The molecule has 0 aromatic carbocycles. The Morgan fingerprint density at radius 1 is 0.410 bits per heavy atom. The summed E-state index contributed by atoms with van der Waals surface area (Å²) in [4.78, 5) is 13.4. The van der Waals surface area contributed by atoms with Crippen molar-refractivity contribution >= 4 is 5.97 Å². The largest absolute Gasteiger partial charge is 1.00 e. The Morgan fingerprint density at radius 3 is 0.872 bits per heavy atom. The van der Waals surface area contributed by atoms with Gasteiger partial charge in [-0.15, -0.1) is 0 Å². The monoisotopic (exact) mass is 560 g/mol. The third-order valence-electron chi connectivity index (χ3n) is 8.29. The van der Waals surface area contributed by atoms with Crippen molar-refractivity contribution in [2.24, 2.45) is 0 Å². The molecule has 0 heterocycles. The average molecular weight is 560 g/mol. The van der Waals surface area contributed by atoms with Gasteiger partial charge >= 0.3 is 29.6 Å². The minimum atomic E-state index is -0.906. The first-order valence-corrected chi connectivity index (χ1v) is 17.6. The molecule has 0 fully saturated rings. The van der Waals surface area contributed by atoms with E-state index >= 15 is 0 Å². The van der Waals surface area contributed by atoms with Crippen molar-refractivity contribution in [3.05, 3.63) is 0 Å². The molecule has 4 heteroatoms. The number of hydrogen-bond acceptors (Lipinski definition) is 3. The molecule has 0 aliphatic rings. The van der Waals surface area contributed by atoms with Gasteiger partial charge in [0.1, 0.15) is 0 Å². The summed E-state index contributed by atoms with van der Waals surface area (Å²) in [5.74, 6) is -0.906. The fraction of sp³-hybridized carbons (Fsp3) is 0.971. The number of carboxylic acid groups (broad SMARTS) is 1. The van der Waals surface area contributed by atoms with Gasteiger partial charge in [-0.05, 0) is 32.4 Å². The van der Waals surface area contributed by atoms with Crippen molar-refractivity contribution < 1.29 is 39.5 Å². The average Bonchev–Trinajstić information content (AvgIpc) is 2.91. The number of carboxylic acids is 1. The molecule has 0 saturated carbocycles. The fourth-order valence-corrected chi connectivity index (χ4v) is 5.64. The van der Waals surface area contributed by atoms with Crippen LogP contribution < -0.4 is 34.7 Å². The topological polar surface area (TPSA) is 43.4 Å². The molecule has 3 nitrogen and oxygen atoms in total. The Balaban J connectivity index is 0. The smallest absolute Gasteiger partial charge is 0.550 e. The molecular formula is C35H70NNaO2. The normalized spacial score (nSPS) is 11.3. The van der Waals surface area contributed by atoms with Gasteiger partial charge in [-0.1, -0.05) is 181 Å². The van der Waals surface area contributed by atoms with Gasteiger partial charge in [0, 0.05) is 12.5 Å².